The highest BCUT2D eigenvalue weighted by atomic mass is 16.5. The van der Waals surface area contributed by atoms with Crippen molar-refractivity contribution < 1.29 is 9.46 Å². The Morgan fingerprint density at radius 2 is 1.87 bits per heavy atom. The van der Waals surface area contributed by atoms with Gasteiger partial charge in [0, 0.05) is 23.9 Å². The average molecular weight is 309 g/mol. The molecule has 2 N–H and O–H groups in total. The highest BCUT2D eigenvalue weighted by molar-refractivity contribution is 5.70. The number of nitrogens with two attached hydrogens (primary N) is 1. The van der Waals surface area contributed by atoms with Gasteiger partial charge in [-0.3, -0.25) is 0 Å². The van der Waals surface area contributed by atoms with Crippen LogP contribution >= 0.6 is 0 Å². The number of anilines is 1. The third kappa shape index (κ3) is 2.89. The molecule has 23 heavy (non-hydrogen) atoms. The molecule has 2 heterocycles. The molecule has 0 spiro atoms. The number of aromatic nitrogens is 4. The minimum absolute atomic E-state index is 0.177. The zero-order chi connectivity index (χ0) is 16.4. The van der Waals surface area contributed by atoms with E-state index in [9.17, 15) is 10.4 Å². The number of nitrogens with zero attached hydrogens (tertiary/aromatic N) is 4. The Bertz CT molecular complexity index is 908. The van der Waals surface area contributed by atoms with Gasteiger partial charge in [0.25, 0.3) is 22.9 Å². The summed E-state index contributed by atoms with van der Waals surface area (Å²) in [7, 11) is 0. The maximum Gasteiger partial charge on any atom is 0.290 e. The minimum atomic E-state index is 0.177. The fourth-order valence-corrected chi connectivity index (χ4v) is 2.29. The van der Waals surface area contributed by atoms with Crippen molar-refractivity contribution in [3.63, 3.8) is 0 Å². The summed E-state index contributed by atoms with van der Waals surface area (Å²) in [5, 5.41) is 24.4. The summed E-state index contributed by atoms with van der Waals surface area (Å²) in [4.78, 5) is 8.19. The Labute approximate surface area is 132 Å². The zero-order valence-corrected chi connectivity index (χ0v) is 12.5. The molecular formula is C16H15N5O2. The monoisotopic (exact) mass is 309 g/mol. The number of hydrogen-bond donors (Lipinski definition) is 1. The molecule has 3 rings (SSSR count). The number of benzene rings is 1. The van der Waals surface area contributed by atoms with Crippen molar-refractivity contribution in [1.82, 2.24) is 9.97 Å². The van der Waals surface area contributed by atoms with Crippen LogP contribution < -0.4 is 15.2 Å². The lowest BCUT2D eigenvalue weighted by Gasteiger charge is -2.05. The molecule has 2 aromatic heterocycles. The quantitative estimate of drug-likeness (QED) is 0.578. The second-order valence-electron chi connectivity index (χ2n) is 4.99. The number of fused-ring (bicyclic) bond motifs is 1. The van der Waals surface area contributed by atoms with Crippen LogP contribution in [0.3, 0.4) is 0 Å². The van der Waals surface area contributed by atoms with Crippen molar-refractivity contribution in [3.05, 3.63) is 64.0 Å². The Balaban J connectivity index is 2.05. The smallest absolute Gasteiger partial charge is 0.290 e. The van der Waals surface area contributed by atoms with Crippen molar-refractivity contribution >= 4 is 29.1 Å². The summed E-state index contributed by atoms with van der Waals surface area (Å²) in [6, 6.07) is 8.41. The van der Waals surface area contributed by atoms with Crippen LogP contribution in [0.2, 0.25) is 0 Å². The standard InChI is InChI=1S/C16H15N5O2/c1-2-11-9-12(19-16(17)18-11)7-8-13-10-20(22)14-5-3-4-6-15(14)21(13)23/h3-10H,2H2,1H3,(H2,17,18,19). The van der Waals surface area contributed by atoms with Crippen LogP contribution in [-0.4, -0.2) is 9.97 Å². The van der Waals surface area contributed by atoms with Crippen LogP contribution in [0.1, 0.15) is 24.0 Å². The van der Waals surface area contributed by atoms with Crippen LogP contribution in [0.5, 0.6) is 0 Å². The number of nitrogen functional groups attached to an aromatic ring is 1. The topological polar surface area (TPSA) is 106 Å². The van der Waals surface area contributed by atoms with E-state index in [2.05, 4.69) is 9.97 Å². The largest absolute Gasteiger partial charge is 0.618 e. The van der Waals surface area contributed by atoms with Gasteiger partial charge in [0.1, 0.15) is 0 Å². The summed E-state index contributed by atoms with van der Waals surface area (Å²) in [5.41, 5.74) is 7.89. The summed E-state index contributed by atoms with van der Waals surface area (Å²) in [6.45, 7) is 1.96. The van der Waals surface area contributed by atoms with Gasteiger partial charge in [-0.2, -0.15) is 9.46 Å². The summed E-state index contributed by atoms with van der Waals surface area (Å²) < 4.78 is 1.39. The number of aryl methyl sites for hydroxylation is 1. The molecule has 0 amide bonds. The van der Waals surface area contributed by atoms with Crippen LogP contribution in [-0.2, 0) is 6.42 Å². The first-order valence-corrected chi connectivity index (χ1v) is 7.14. The van der Waals surface area contributed by atoms with Gasteiger partial charge in [0.05, 0.1) is 5.69 Å². The van der Waals surface area contributed by atoms with E-state index in [1.807, 2.05) is 6.92 Å². The third-order valence-electron chi connectivity index (χ3n) is 3.43. The fourth-order valence-electron chi connectivity index (χ4n) is 2.29. The third-order valence-corrected chi connectivity index (χ3v) is 3.43. The van der Waals surface area contributed by atoms with E-state index in [1.165, 1.54) is 12.3 Å². The van der Waals surface area contributed by atoms with Crippen molar-refractivity contribution in [1.29, 1.82) is 0 Å². The zero-order valence-electron chi connectivity index (χ0n) is 12.5. The molecule has 0 bridgehead atoms. The summed E-state index contributed by atoms with van der Waals surface area (Å²) >= 11 is 0. The van der Waals surface area contributed by atoms with Gasteiger partial charge in [-0.15, -0.1) is 0 Å². The van der Waals surface area contributed by atoms with Crippen molar-refractivity contribution in [3.8, 4) is 0 Å². The minimum Gasteiger partial charge on any atom is -0.618 e. The first-order chi connectivity index (χ1) is 11.1. The molecule has 0 unspecified atom stereocenters. The maximum atomic E-state index is 12.3. The van der Waals surface area contributed by atoms with Crippen LogP contribution in [0.4, 0.5) is 5.95 Å². The van der Waals surface area contributed by atoms with Gasteiger partial charge in [-0.25, -0.2) is 9.97 Å². The van der Waals surface area contributed by atoms with Gasteiger partial charge in [-0.1, -0.05) is 19.1 Å². The molecular weight excluding hydrogens is 294 g/mol. The molecule has 0 saturated carbocycles. The highest BCUT2D eigenvalue weighted by Gasteiger charge is 2.16. The molecule has 0 fully saturated rings. The van der Waals surface area contributed by atoms with Crippen LogP contribution in [0.15, 0.2) is 36.5 Å². The predicted molar refractivity (Wildman–Crippen MR) is 86.6 cm³/mol. The predicted octanol–water partition coefficient (Wildman–Crippen LogP) is 1.21. The second-order valence-corrected chi connectivity index (χ2v) is 4.99. The molecule has 0 aliphatic rings. The Kier molecular flexibility index (Phi) is 3.76. The van der Waals surface area contributed by atoms with E-state index in [0.29, 0.717) is 26.2 Å². The molecule has 0 aliphatic carbocycles. The highest BCUT2D eigenvalue weighted by Crippen LogP contribution is 2.09. The second kappa shape index (κ2) is 5.88. The van der Waals surface area contributed by atoms with Crippen molar-refractivity contribution in [2.45, 2.75) is 13.3 Å². The average Bonchev–Trinajstić information content (AvgIpc) is 2.56. The summed E-state index contributed by atoms with van der Waals surface area (Å²) in [6.07, 6.45) is 5.13. The van der Waals surface area contributed by atoms with E-state index in [0.717, 1.165) is 12.1 Å². The van der Waals surface area contributed by atoms with Crippen molar-refractivity contribution in [2.75, 3.05) is 5.73 Å². The fraction of sp³-hybridized carbons (Fsp3) is 0.125. The van der Waals surface area contributed by atoms with E-state index < -0.39 is 0 Å². The molecule has 0 radical (unpaired) electrons. The van der Waals surface area contributed by atoms with Crippen LogP contribution in [0, 0.1) is 10.4 Å². The molecule has 0 aliphatic heterocycles. The molecule has 1 aromatic carbocycles. The molecule has 0 saturated heterocycles. The number of hydrogen-bond acceptors (Lipinski definition) is 5. The summed E-state index contributed by atoms with van der Waals surface area (Å²) in [5.74, 6) is 0.177. The van der Waals surface area contributed by atoms with E-state index in [-0.39, 0.29) is 11.6 Å². The van der Waals surface area contributed by atoms with Crippen molar-refractivity contribution in [2.24, 2.45) is 0 Å². The maximum absolute atomic E-state index is 12.3. The first-order valence-electron chi connectivity index (χ1n) is 7.14. The molecule has 7 nitrogen and oxygen atoms in total. The normalized spacial score (nSPS) is 11.3. The Hall–Kier alpha value is -3.22. The lowest BCUT2D eigenvalue weighted by atomic mass is 10.2. The lowest BCUT2D eigenvalue weighted by molar-refractivity contribution is -0.630. The van der Waals surface area contributed by atoms with Gasteiger partial charge in [0.15, 0.2) is 0 Å². The Morgan fingerprint density at radius 3 is 2.61 bits per heavy atom. The van der Waals surface area contributed by atoms with Gasteiger partial charge < -0.3 is 16.1 Å². The number of para-hydroxylation sites is 2. The van der Waals surface area contributed by atoms with E-state index in [4.69, 9.17) is 5.73 Å². The van der Waals surface area contributed by atoms with E-state index in [1.54, 1.807) is 36.4 Å². The van der Waals surface area contributed by atoms with Crippen LogP contribution in [0.25, 0.3) is 23.2 Å². The first kappa shape index (κ1) is 14.7. The SMILES string of the molecule is CCc1cc(C=Cc2c[n+]([O-])c3ccccc3[n+]2[O-])nc(N)n1. The lowest BCUT2D eigenvalue weighted by Crippen LogP contribution is -2.40. The van der Waals surface area contributed by atoms with Gasteiger partial charge in [0.2, 0.25) is 5.95 Å². The Morgan fingerprint density at radius 1 is 1.13 bits per heavy atom. The van der Waals surface area contributed by atoms with Gasteiger partial charge >= 0.3 is 0 Å². The molecule has 116 valence electrons. The number of rotatable bonds is 3. The molecule has 7 heteroatoms. The van der Waals surface area contributed by atoms with Gasteiger partial charge in [-0.05, 0) is 18.6 Å². The van der Waals surface area contributed by atoms with E-state index >= 15 is 0 Å². The molecule has 0 atom stereocenters. The molecule has 3 aromatic rings.